The van der Waals surface area contributed by atoms with E-state index in [9.17, 15) is 9.59 Å². The molecule has 0 spiro atoms. The van der Waals surface area contributed by atoms with Crippen LogP contribution in [0.5, 0.6) is 0 Å². The monoisotopic (exact) mass is 233 g/mol. The summed E-state index contributed by atoms with van der Waals surface area (Å²) < 4.78 is 5.04. The molecule has 0 bridgehead atoms. The molecule has 6 heteroatoms. The van der Waals surface area contributed by atoms with E-state index in [0.717, 1.165) is 4.90 Å². The Morgan fingerprint density at radius 1 is 1.38 bits per heavy atom. The Hall–Kier alpha value is -1.30. The molecule has 0 aliphatic heterocycles. The topological polar surface area (TPSA) is 87.1 Å². The molecule has 0 aliphatic rings. The van der Waals surface area contributed by atoms with Gasteiger partial charge in [-0.25, -0.2) is 9.59 Å². The van der Waals surface area contributed by atoms with Crippen LogP contribution in [-0.2, 0) is 9.53 Å². The fourth-order valence-electron chi connectivity index (χ4n) is 1.11. The second-order valence-electron chi connectivity index (χ2n) is 4.30. The first kappa shape index (κ1) is 14.7. The van der Waals surface area contributed by atoms with Gasteiger partial charge in [-0.3, -0.25) is 4.90 Å². The summed E-state index contributed by atoms with van der Waals surface area (Å²) in [4.78, 5) is 23.4. The molecular formula is C10H19NO5. The molecule has 0 rings (SSSR count). The first-order chi connectivity index (χ1) is 7.22. The third kappa shape index (κ3) is 4.48. The number of carboxylic acid groups (broad SMARTS) is 1. The van der Waals surface area contributed by atoms with Crippen molar-refractivity contribution in [2.24, 2.45) is 0 Å². The highest BCUT2D eigenvalue weighted by atomic mass is 16.6. The highest BCUT2D eigenvalue weighted by Crippen LogP contribution is 2.11. The van der Waals surface area contributed by atoms with Crippen molar-refractivity contribution in [1.82, 2.24) is 4.90 Å². The first-order valence-corrected chi connectivity index (χ1v) is 5.06. The predicted molar refractivity (Wildman–Crippen MR) is 57.1 cm³/mol. The Morgan fingerprint density at radius 2 is 1.88 bits per heavy atom. The normalized spacial score (nSPS) is 13.1. The largest absolute Gasteiger partial charge is 0.480 e. The number of aliphatic hydroxyl groups is 1. The SMILES string of the molecule is CCN(C(=O)OC(C)(C)C)[C@H](CO)C(=O)O. The van der Waals surface area contributed by atoms with Gasteiger partial charge in [0.15, 0.2) is 6.04 Å². The number of likely N-dealkylation sites (N-methyl/N-ethyl adjacent to an activating group) is 1. The number of carbonyl (C=O) groups excluding carboxylic acids is 1. The van der Waals surface area contributed by atoms with E-state index in [-0.39, 0.29) is 6.54 Å². The average Bonchev–Trinajstić information content (AvgIpc) is 2.09. The van der Waals surface area contributed by atoms with Gasteiger partial charge in [0.1, 0.15) is 5.60 Å². The van der Waals surface area contributed by atoms with E-state index >= 15 is 0 Å². The van der Waals surface area contributed by atoms with Crippen LogP contribution in [0.1, 0.15) is 27.7 Å². The summed E-state index contributed by atoms with van der Waals surface area (Å²) in [7, 11) is 0. The molecule has 94 valence electrons. The molecule has 0 aliphatic carbocycles. The molecule has 1 amide bonds. The quantitative estimate of drug-likeness (QED) is 0.746. The maximum absolute atomic E-state index is 11.6. The molecule has 2 N–H and O–H groups in total. The van der Waals surface area contributed by atoms with Crippen LogP contribution < -0.4 is 0 Å². The second-order valence-corrected chi connectivity index (χ2v) is 4.30. The van der Waals surface area contributed by atoms with Crippen molar-refractivity contribution in [2.75, 3.05) is 13.2 Å². The molecule has 0 fully saturated rings. The van der Waals surface area contributed by atoms with E-state index in [1.165, 1.54) is 0 Å². The summed E-state index contributed by atoms with van der Waals surface area (Å²) in [6, 6.07) is -1.26. The van der Waals surface area contributed by atoms with Crippen molar-refractivity contribution in [2.45, 2.75) is 39.3 Å². The summed E-state index contributed by atoms with van der Waals surface area (Å²) in [6.45, 7) is 6.21. The maximum Gasteiger partial charge on any atom is 0.411 e. The number of carbonyl (C=O) groups is 2. The molecule has 0 aromatic rings. The number of aliphatic carboxylic acids is 1. The van der Waals surface area contributed by atoms with Crippen LogP contribution in [0.15, 0.2) is 0 Å². The van der Waals surface area contributed by atoms with Gasteiger partial charge in [0, 0.05) is 6.54 Å². The zero-order valence-electron chi connectivity index (χ0n) is 10.1. The Balaban J connectivity index is 4.71. The van der Waals surface area contributed by atoms with Gasteiger partial charge in [0.05, 0.1) is 6.61 Å². The molecule has 6 nitrogen and oxygen atoms in total. The van der Waals surface area contributed by atoms with Crippen molar-refractivity contribution in [1.29, 1.82) is 0 Å². The van der Waals surface area contributed by atoms with E-state index in [1.807, 2.05) is 0 Å². The number of hydrogen-bond acceptors (Lipinski definition) is 4. The van der Waals surface area contributed by atoms with Gasteiger partial charge >= 0.3 is 12.1 Å². The minimum Gasteiger partial charge on any atom is -0.480 e. The van der Waals surface area contributed by atoms with E-state index in [2.05, 4.69) is 0 Å². The van der Waals surface area contributed by atoms with Crippen LogP contribution in [0, 0.1) is 0 Å². The summed E-state index contributed by atoms with van der Waals surface area (Å²) in [6.07, 6.45) is -0.739. The molecule has 0 aromatic carbocycles. The van der Waals surface area contributed by atoms with E-state index in [0.29, 0.717) is 0 Å². The number of ether oxygens (including phenoxy) is 1. The Bertz CT molecular complexity index is 258. The van der Waals surface area contributed by atoms with Gasteiger partial charge in [-0.05, 0) is 27.7 Å². The van der Waals surface area contributed by atoms with E-state index in [4.69, 9.17) is 14.9 Å². The number of aliphatic hydroxyl groups excluding tert-OH is 1. The standard InChI is InChI=1S/C10H19NO5/c1-5-11(7(6-12)8(13)14)9(15)16-10(2,3)4/h7,12H,5-6H2,1-4H3,(H,13,14)/t7-/m1/s1. The van der Waals surface area contributed by atoms with Gasteiger partial charge in [-0.2, -0.15) is 0 Å². The predicted octanol–water partition coefficient (Wildman–Crippen LogP) is 0.689. The van der Waals surface area contributed by atoms with Crippen molar-refractivity contribution in [3.63, 3.8) is 0 Å². The molecule has 0 aromatic heterocycles. The smallest absolute Gasteiger partial charge is 0.411 e. The highest BCUT2D eigenvalue weighted by Gasteiger charge is 2.31. The van der Waals surface area contributed by atoms with Crippen LogP contribution in [0.25, 0.3) is 0 Å². The number of nitrogens with zero attached hydrogens (tertiary/aromatic N) is 1. The van der Waals surface area contributed by atoms with Gasteiger partial charge in [0.2, 0.25) is 0 Å². The van der Waals surface area contributed by atoms with Gasteiger partial charge in [0.25, 0.3) is 0 Å². The van der Waals surface area contributed by atoms with Crippen LogP contribution >= 0.6 is 0 Å². The third-order valence-corrected chi connectivity index (χ3v) is 1.80. The molecule has 0 heterocycles. The van der Waals surface area contributed by atoms with Crippen molar-refractivity contribution in [3.05, 3.63) is 0 Å². The minimum atomic E-state index is -1.26. The highest BCUT2D eigenvalue weighted by molar-refractivity contribution is 5.80. The lowest BCUT2D eigenvalue weighted by atomic mass is 10.2. The maximum atomic E-state index is 11.6. The first-order valence-electron chi connectivity index (χ1n) is 5.06. The van der Waals surface area contributed by atoms with Crippen molar-refractivity contribution < 1.29 is 24.5 Å². The molecule has 0 radical (unpaired) electrons. The zero-order chi connectivity index (χ0) is 12.9. The summed E-state index contributed by atoms with van der Waals surface area (Å²) in [5.41, 5.74) is -0.691. The molecule has 0 unspecified atom stereocenters. The lowest BCUT2D eigenvalue weighted by Gasteiger charge is -2.29. The van der Waals surface area contributed by atoms with Crippen LogP contribution in [0.4, 0.5) is 4.79 Å². The van der Waals surface area contributed by atoms with Crippen LogP contribution in [0.3, 0.4) is 0 Å². The second kappa shape index (κ2) is 5.69. The number of rotatable bonds is 4. The van der Waals surface area contributed by atoms with Crippen LogP contribution in [0.2, 0.25) is 0 Å². The van der Waals surface area contributed by atoms with E-state index in [1.54, 1.807) is 27.7 Å². The van der Waals surface area contributed by atoms with Gasteiger partial charge in [-0.15, -0.1) is 0 Å². The molecule has 16 heavy (non-hydrogen) atoms. The zero-order valence-corrected chi connectivity index (χ0v) is 10.1. The van der Waals surface area contributed by atoms with E-state index < -0.39 is 30.3 Å². The fourth-order valence-corrected chi connectivity index (χ4v) is 1.11. The van der Waals surface area contributed by atoms with Crippen molar-refractivity contribution in [3.8, 4) is 0 Å². The van der Waals surface area contributed by atoms with Gasteiger partial charge < -0.3 is 14.9 Å². The fraction of sp³-hybridized carbons (Fsp3) is 0.800. The molecule has 0 saturated carbocycles. The number of hydrogen-bond donors (Lipinski definition) is 2. The Kier molecular flexibility index (Phi) is 5.23. The average molecular weight is 233 g/mol. The summed E-state index contributed by atoms with van der Waals surface area (Å²) >= 11 is 0. The third-order valence-electron chi connectivity index (χ3n) is 1.80. The van der Waals surface area contributed by atoms with Gasteiger partial charge in [-0.1, -0.05) is 0 Å². The summed E-state index contributed by atoms with van der Waals surface area (Å²) in [5, 5.41) is 17.7. The molecule has 0 saturated heterocycles. The molecule has 1 atom stereocenters. The number of carboxylic acids is 1. The molecular weight excluding hydrogens is 214 g/mol. The minimum absolute atomic E-state index is 0.159. The number of amides is 1. The van der Waals surface area contributed by atoms with Crippen molar-refractivity contribution >= 4 is 12.1 Å². The summed E-state index contributed by atoms with van der Waals surface area (Å²) in [5.74, 6) is -1.25. The van der Waals surface area contributed by atoms with Crippen LogP contribution in [-0.4, -0.2) is 52.0 Å². The Morgan fingerprint density at radius 3 is 2.12 bits per heavy atom. The lowest BCUT2D eigenvalue weighted by molar-refractivity contribution is -0.144. The lowest BCUT2D eigenvalue weighted by Crippen LogP contribution is -2.48. The Labute approximate surface area is 94.8 Å².